The molecule has 0 unspecified atom stereocenters. The Bertz CT molecular complexity index is 638. The molecule has 27 heavy (non-hydrogen) atoms. The number of carbonyl (C=O) groups is 1. The van der Waals surface area contributed by atoms with E-state index >= 15 is 0 Å². The largest absolute Gasteiger partial charge is 0.450 e. The molecule has 1 heterocycles. The van der Waals surface area contributed by atoms with Crippen LogP contribution in [0.4, 0.5) is 4.79 Å². The van der Waals surface area contributed by atoms with Crippen molar-refractivity contribution in [3.63, 3.8) is 0 Å². The lowest BCUT2D eigenvalue weighted by Crippen LogP contribution is -2.51. The molecule has 0 aliphatic carbocycles. The van der Waals surface area contributed by atoms with Crippen molar-refractivity contribution >= 4 is 28.0 Å². The zero-order valence-electron chi connectivity index (χ0n) is 16.7. The van der Waals surface area contributed by atoms with Crippen LogP contribution in [0.25, 0.3) is 0 Å². The van der Waals surface area contributed by atoms with Gasteiger partial charge >= 0.3 is 6.09 Å². The zero-order valence-corrected chi connectivity index (χ0v) is 18.3. The number of halogens is 1. The van der Waals surface area contributed by atoms with E-state index in [1.165, 1.54) is 5.56 Å². The first-order chi connectivity index (χ1) is 12.9. The van der Waals surface area contributed by atoms with Gasteiger partial charge in [-0.25, -0.2) is 4.79 Å². The molecule has 7 heteroatoms. The number of rotatable bonds is 5. The fraction of sp³-hybridized carbons (Fsp3) is 0.600. The van der Waals surface area contributed by atoms with E-state index in [1.807, 2.05) is 6.92 Å². The van der Waals surface area contributed by atoms with E-state index in [-0.39, 0.29) is 11.5 Å². The lowest BCUT2D eigenvalue weighted by atomic mass is 9.85. The van der Waals surface area contributed by atoms with Crippen molar-refractivity contribution in [2.24, 2.45) is 4.99 Å². The predicted octanol–water partition coefficient (Wildman–Crippen LogP) is 3.51. The summed E-state index contributed by atoms with van der Waals surface area (Å²) in [6.45, 7) is 8.87. The van der Waals surface area contributed by atoms with E-state index in [4.69, 9.17) is 4.74 Å². The summed E-state index contributed by atoms with van der Waals surface area (Å²) in [5, 5.41) is 6.93. The molecule has 0 saturated carbocycles. The van der Waals surface area contributed by atoms with Crippen LogP contribution < -0.4 is 10.6 Å². The van der Waals surface area contributed by atoms with Gasteiger partial charge in [0.1, 0.15) is 0 Å². The third kappa shape index (κ3) is 6.41. The highest BCUT2D eigenvalue weighted by Gasteiger charge is 2.25. The fourth-order valence-electron chi connectivity index (χ4n) is 3.12. The number of ether oxygens (including phenoxy) is 1. The van der Waals surface area contributed by atoms with Crippen LogP contribution in [-0.4, -0.2) is 56.3 Å². The number of aliphatic imine (C=N–C) groups is 1. The van der Waals surface area contributed by atoms with Gasteiger partial charge in [-0.05, 0) is 37.5 Å². The van der Waals surface area contributed by atoms with Crippen LogP contribution in [-0.2, 0) is 10.2 Å². The molecule has 1 aromatic carbocycles. The highest BCUT2D eigenvalue weighted by Crippen LogP contribution is 2.24. The van der Waals surface area contributed by atoms with Crippen molar-refractivity contribution in [1.82, 2.24) is 15.5 Å². The second-order valence-corrected chi connectivity index (χ2v) is 8.34. The first kappa shape index (κ1) is 21.5. The fourth-order valence-corrected chi connectivity index (χ4v) is 3.38. The highest BCUT2D eigenvalue weighted by molar-refractivity contribution is 9.10. The highest BCUT2D eigenvalue weighted by atomic mass is 79.9. The molecule has 1 amide bonds. The molecule has 0 bridgehead atoms. The van der Waals surface area contributed by atoms with E-state index in [0.29, 0.717) is 25.7 Å². The number of piperidine rings is 1. The van der Waals surface area contributed by atoms with Crippen LogP contribution >= 0.6 is 15.9 Å². The van der Waals surface area contributed by atoms with Crippen LogP contribution in [0.15, 0.2) is 33.7 Å². The molecule has 0 atom stereocenters. The van der Waals surface area contributed by atoms with Gasteiger partial charge in [-0.3, -0.25) is 4.99 Å². The maximum Gasteiger partial charge on any atom is 0.409 e. The monoisotopic (exact) mass is 438 g/mol. The Labute approximate surface area is 170 Å². The van der Waals surface area contributed by atoms with Crippen molar-refractivity contribution in [2.75, 3.05) is 33.3 Å². The van der Waals surface area contributed by atoms with Crippen molar-refractivity contribution in [2.45, 2.75) is 45.1 Å². The summed E-state index contributed by atoms with van der Waals surface area (Å²) in [4.78, 5) is 17.9. The van der Waals surface area contributed by atoms with Gasteiger partial charge in [0, 0.05) is 42.6 Å². The second kappa shape index (κ2) is 9.97. The molecule has 2 N–H and O–H groups in total. The number of likely N-dealkylation sites (tertiary alicyclic amines) is 1. The van der Waals surface area contributed by atoms with Gasteiger partial charge in [-0.15, -0.1) is 0 Å². The molecule has 150 valence electrons. The molecule has 0 radical (unpaired) electrons. The number of hydrogen-bond donors (Lipinski definition) is 2. The molecule has 1 fully saturated rings. The molecule has 2 rings (SSSR count). The lowest BCUT2D eigenvalue weighted by Gasteiger charge is -2.33. The molecule has 1 aliphatic rings. The Balaban J connectivity index is 1.82. The maximum atomic E-state index is 11.8. The van der Waals surface area contributed by atoms with Gasteiger partial charge in [-0.2, -0.15) is 0 Å². The lowest BCUT2D eigenvalue weighted by molar-refractivity contribution is 0.0963. The van der Waals surface area contributed by atoms with E-state index in [1.54, 1.807) is 11.9 Å². The average molecular weight is 439 g/mol. The van der Waals surface area contributed by atoms with Crippen molar-refractivity contribution < 1.29 is 9.53 Å². The van der Waals surface area contributed by atoms with Crippen molar-refractivity contribution in [3.8, 4) is 0 Å². The maximum absolute atomic E-state index is 11.8. The number of nitrogens with one attached hydrogen (secondary N) is 2. The van der Waals surface area contributed by atoms with Crippen LogP contribution in [0.1, 0.15) is 39.2 Å². The number of hydrogen-bond acceptors (Lipinski definition) is 3. The second-order valence-electron chi connectivity index (χ2n) is 7.42. The minimum absolute atomic E-state index is 0.0222. The molecule has 0 aromatic heterocycles. The third-order valence-electron chi connectivity index (χ3n) is 4.91. The summed E-state index contributed by atoms with van der Waals surface area (Å²) in [5.41, 5.74) is 1.25. The summed E-state index contributed by atoms with van der Waals surface area (Å²) >= 11 is 3.49. The number of amides is 1. The quantitative estimate of drug-likeness (QED) is 0.545. The SMILES string of the molecule is CCOC(=O)N1CCC(NC(=NC)NCC(C)(C)c2ccc(Br)cc2)CC1. The topological polar surface area (TPSA) is 66.0 Å². The summed E-state index contributed by atoms with van der Waals surface area (Å²) in [6.07, 6.45) is 1.56. The van der Waals surface area contributed by atoms with Crippen LogP contribution in [0, 0.1) is 0 Å². The Hall–Kier alpha value is -1.76. The predicted molar refractivity (Wildman–Crippen MR) is 113 cm³/mol. The van der Waals surface area contributed by atoms with Crippen molar-refractivity contribution in [3.05, 3.63) is 34.3 Å². The van der Waals surface area contributed by atoms with Gasteiger partial charge in [0.2, 0.25) is 0 Å². The molecular formula is C20H31BrN4O2. The van der Waals surface area contributed by atoms with Gasteiger partial charge < -0.3 is 20.3 Å². The molecule has 1 saturated heterocycles. The van der Waals surface area contributed by atoms with Crippen molar-refractivity contribution in [1.29, 1.82) is 0 Å². The molecule has 1 aromatic rings. The number of benzene rings is 1. The smallest absolute Gasteiger partial charge is 0.409 e. The van der Waals surface area contributed by atoms with E-state index in [2.05, 4.69) is 69.7 Å². The molecular weight excluding hydrogens is 408 g/mol. The van der Waals surface area contributed by atoms with E-state index in [0.717, 1.165) is 29.8 Å². The molecule has 6 nitrogen and oxygen atoms in total. The minimum Gasteiger partial charge on any atom is -0.450 e. The van der Waals surface area contributed by atoms with E-state index in [9.17, 15) is 4.79 Å². The third-order valence-corrected chi connectivity index (χ3v) is 5.44. The Morgan fingerprint density at radius 2 is 1.93 bits per heavy atom. The van der Waals surface area contributed by atoms with Gasteiger partial charge in [0.15, 0.2) is 5.96 Å². The number of carbonyl (C=O) groups excluding carboxylic acids is 1. The summed E-state index contributed by atoms with van der Waals surface area (Å²) in [7, 11) is 1.79. The minimum atomic E-state index is -0.213. The number of guanidine groups is 1. The molecule has 1 aliphatic heterocycles. The van der Waals surface area contributed by atoms with Gasteiger partial charge in [-0.1, -0.05) is 41.9 Å². The standard InChI is InChI=1S/C20H31BrN4O2/c1-5-27-19(26)25-12-10-17(11-13-25)24-18(22-4)23-14-20(2,3)15-6-8-16(21)9-7-15/h6-9,17H,5,10-14H2,1-4H3,(H2,22,23,24). The van der Waals surface area contributed by atoms with Crippen LogP contribution in [0.2, 0.25) is 0 Å². The summed E-state index contributed by atoms with van der Waals surface area (Å²) in [6, 6.07) is 8.74. The zero-order chi connectivity index (χ0) is 19.9. The normalized spacial score (nSPS) is 16.2. The summed E-state index contributed by atoms with van der Waals surface area (Å²) in [5.74, 6) is 0.801. The molecule has 0 spiro atoms. The first-order valence-corrected chi connectivity index (χ1v) is 10.3. The number of nitrogens with zero attached hydrogens (tertiary/aromatic N) is 2. The summed E-state index contributed by atoms with van der Waals surface area (Å²) < 4.78 is 6.16. The van der Waals surface area contributed by atoms with Gasteiger partial charge in [0.05, 0.1) is 6.61 Å². The van der Waals surface area contributed by atoms with E-state index < -0.39 is 0 Å². The average Bonchev–Trinajstić information content (AvgIpc) is 2.66. The Kier molecular flexibility index (Phi) is 7.95. The first-order valence-electron chi connectivity index (χ1n) is 9.50. The van der Waals surface area contributed by atoms with Crippen LogP contribution in [0.5, 0.6) is 0 Å². The Morgan fingerprint density at radius 1 is 1.30 bits per heavy atom. The Morgan fingerprint density at radius 3 is 2.48 bits per heavy atom. The van der Waals surface area contributed by atoms with Gasteiger partial charge in [0.25, 0.3) is 0 Å². The van der Waals surface area contributed by atoms with Crippen LogP contribution in [0.3, 0.4) is 0 Å².